The molecule has 2 N–H and O–H groups in total. The van der Waals surface area contributed by atoms with Crippen molar-refractivity contribution in [3.8, 4) is 0 Å². The topological polar surface area (TPSA) is 45.1 Å². The smallest absolute Gasteiger partial charge is 0.123 e. The normalized spacial score (nSPS) is 22.6. The first-order valence-electron chi connectivity index (χ1n) is 7.36. The summed E-state index contributed by atoms with van der Waals surface area (Å²) >= 11 is 1.77. The molecule has 116 valence electrons. The highest BCUT2D eigenvalue weighted by Gasteiger charge is 2.32. The molecular formula is C17H19FN2OS. The number of thioether (sulfide) groups is 1. The third kappa shape index (κ3) is 3.66. The van der Waals surface area contributed by atoms with Crippen LogP contribution in [0.2, 0.25) is 0 Å². The van der Waals surface area contributed by atoms with Crippen molar-refractivity contribution in [2.45, 2.75) is 18.1 Å². The predicted molar refractivity (Wildman–Crippen MR) is 87.4 cm³/mol. The first-order valence-corrected chi connectivity index (χ1v) is 8.52. The SMILES string of the molecule is O[C@]1(CN[C@H](c2ccc(F)cc2)c2ccccn2)CCSC1. The van der Waals surface area contributed by atoms with E-state index in [1.807, 2.05) is 18.2 Å². The number of aromatic nitrogens is 1. The van der Waals surface area contributed by atoms with E-state index in [1.54, 1.807) is 30.1 Å². The average Bonchev–Trinajstić information content (AvgIpc) is 2.97. The van der Waals surface area contributed by atoms with Crippen molar-refractivity contribution in [2.75, 3.05) is 18.1 Å². The molecule has 1 aliphatic rings. The molecule has 1 saturated heterocycles. The Kier molecular flexibility index (Phi) is 4.76. The fourth-order valence-corrected chi connectivity index (χ4v) is 3.92. The fourth-order valence-electron chi connectivity index (χ4n) is 2.62. The zero-order valence-corrected chi connectivity index (χ0v) is 13.0. The Morgan fingerprint density at radius 3 is 2.73 bits per heavy atom. The number of aliphatic hydroxyl groups is 1. The highest BCUT2D eigenvalue weighted by molar-refractivity contribution is 7.99. The molecule has 0 radical (unpaired) electrons. The maximum Gasteiger partial charge on any atom is 0.123 e. The molecule has 0 amide bonds. The Morgan fingerprint density at radius 2 is 2.09 bits per heavy atom. The first-order chi connectivity index (χ1) is 10.7. The summed E-state index contributed by atoms with van der Waals surface area (Å²) in [7, 11) is 0. The number of nitrogens with one attached hydrogen (secondary N) is 1. The van der Waals surface area contributed by atoms with Gasteiger partial charge in [-0.3, -0.25) is 4.98 Å². The summed E-state index contributed by atoms with van der Waals surface area (Å²) in [5, 5.41) is 13.9. The third-order valence-corrected chi connectivity index (χ3v) is 5.14. The van der Waals surface area contributed by atoms with Gasteiger partial charge in [0, 0.05) is 18.5 Å². The van der Waals surface area contributed by atoms with Crippen molar-refractivity contribution >= 4 is 11.8 Å². The summed E-state index contributed by atoms with van der Waals surface area (Å²) in [6, 6.07) is 12.0. The third-order valence-electron chi connectivity index (χ3n) is 3.90. The van der Waals surface area contributed by atoms with Crippen molar-refractivity contribution in [1.29, 1.82) is 0 Å². The number of hydrogen-bond acceptors (Lipinski definition) is 4. The van der Waals surface area contributed by atoms with Crippen LogP contribution in [0.3, 0.4) is 0 Å². The molecule has 0 saturated carbocycles. The molecule has 22 heavy (non-hydrogen) atoms. The van der Waals surface area contributed by atoms with E-state index < -0.39 is 5.60 Å². The molecule has 2 atom stereocenters. The minimum Gasteiger partial charge on any atom is -0.388 e. The Hall–Kier alpha value is -1.43. The zero-order valence-electron chi connectivity index (χ0n) is 12.2. The zero-order chi connectivity index (χ0) is 15.4. The van der Waals surface area contributed by atoms with Gasteiger partial charge in [-0.2, -0.15) is 11.8 Å². The number of benzene rings is 1. The maximum absolute atomic E-state index is 13.2. The summed E-state index contributed by atoms with van der Waals surface area (Å²) < 4.78 is 13.2. The van der Waals surface area contributed by atoms with Crippen LogP contribution in [0.25, 0.3) is 0 Å². The predicted octanol–water partition coefficient (Wildman–Crippen LogP) is 2.77. The standard InChI is InChI=1S/C17H19FN2OS/c18-14-6-4-13(5-7-14)16(15-3-1-2-9-19-15)20-11-17(21)8-10-22-12-17/h1-7,9,16,20-21H,8,10-12H2/t16-,17+/m1/s1. The number of hydrogen-bond donors (Lipinski definition) is 2. The van der Waals surface area contributed by atoms with Crippen LogP contribution in [-0.2, 0) is 0 Å². The molecule has 0 unspecified atom stereocenters. The lowest BCUT2D eigenvalue weighted by Crippen LogP contribution is -2.42. The van der Waals surface area contributed by atoms with Crippen LogP contribution < -0.4 is 5.32 Å². The van der Waals surface area contributed by atoms with E-state index in [0.717, 1.165) is 29.2 Å². The second-order valence-corrected chi connectivity index (χ2v) is 6.75. The molecule has 0 spiro atoms. The quantitative estimate of drug-likeness (QED) is 0.890. The molecule has 0 bridgehead atoms. The summed E-state index contributed by atoms with van der Waals surface area (Å²) in [5.41, 5.74) is 1.13. The highest BCUT2D eigenvalue weighted by atomic mass is 32.2. The fraction of sp³-hybridized carbons (Fsp3) is 0.353. The van der Waals surface area contributed by atoms with E-state index in [9.17, 15) is 9.50 Å². The molecule has 1 aromatic carbocycles. The molecular weight excluding hydrogens is 299 g/mol. The molecule has 2 aromatic rings. The van der Waals surface area contributed by atoms with Crippen molar-refractivity contribution in [2.24, 2.45) is 0 Å². The van der Waals surface area contributed by atoms with Crippen LogP contribution in [0.15, 0.2) is 48.7 Å². The van der Waals surface area contributed by atoms with E-state index in [0.29, 0.717) is 6.54 Å². The van der Waals surface area contributed by atoms with Gasteiger partial charge >= 0.3 is 0 Å². The minimum absolute atomic E-state index is 0.156. The lowest BCUT2D eigenvalue weighted by Gasteiger charge is -2.26. The Morgan fingerprint density at radius 1 is 1.27 bits per heavy atom. The first kappa shape index (κ1) is 15.5. The minimum atomic E-state index is -0.669. The lowest BCUT2D eigenvalue weighted by molar-refractivity contribution is 0.0657. The molecule has 0 aliphatic carbocycles. The second kappa shape index (κ2) is 6.77. The van der Waals surface area contributed by atoms with Crippen molar-refractivity contribution in [1.82, 2.24) is 10.3 Å². The largest absolute Gasteiger partial charge is 0.388 e. The number of pyridine rings is 1. The van der Waals surface area contributed by atoms with Crippen molar-refractivity contribution in [3.05, 3.63) is 65.7 Å². The van der Waals surface area contributed by atoms with Crippen molar-refractivity contribution < 1.29 is 9.50 Å². The summed E-state index contributed by atoms with van der Waals surface area (Å²) in [6.07, 6.45) is 2.54. The van der Waals surface area contributed by atoms with Gasteiger partial charge in [0.1, 0.15) is 5.82 Å². The molecule has 1 aliphatic heterocycles. The Balaban J connectivity index is 1.81. The van der Waals surface area contributed by atoms with Crippen LogP contribution >= 0.6 is 11.8 Å². The van der Waals surface area contributed by atoms with Gasteiger partial charge < -0.3 is 10.4 Å². The van der Waals surface area contributed by atoms with Gasteiger partial charge in [-0.05, 0) is 42.0 Å². The van der Waals surface area contributed by atoms with Gasteiger partial charge in [0.05, 0.1) is 17.3 Å². The Bertz CT molecular complexity index is 600. The summed E-state index contributed by atoms with van der Waals surface area (Å²) in [5.74, 6) is 1.48. The number of nitrogens with zero attached hydrogens (tertiary/aromatic N) is 1. The van der Waals surface area contributed by atoms with Gasteiger partial charge in [0.15, 0.2) is 0 Å². The van der Waals surface area contributed by atoms with E-state index in [-0.39, 0.29) is 11.9 Å². The van der Waals surface area contributed by atoms with Gasteiger partial charge in [-0.15, -0.1) is 0 Å². The van der Waals surface area contributed by atoms with Crippen LogP contribution in [-0.4, -0.2) is 33.7 Å². The molecule has 2 heterocycles. The van der Waals surface area contributed by atoms with Crippen LogP contribution in [0.5, 0.6) is 0 Å². The lowest BCUT2D eigenvalue weighted by atomic mass is 9.99. The van der Waals surface area contributed by atoms with E-state index in [1.165, 1.54) is 12.1 Å². The molecule has 1 fully saturated rings. The molecule has 1 aromatic heterocycles. The average molecular weight is 318 g/mol. The maximum atomic E-state index is 13.2. The molecule has 5 heteroatoms. The summed E-state index contributed by atoms with van der Waals surface area (Å²) in [4.78, 5) is 4.40. The van der Waals surface area contributed by atoms with E-state index >= 15 is 0 Å². The monoisotopic (exact) mass is 318 g/mol. The number of halogens is 1. The van der Waals surface area contributed by atoms with Crippen molar-refractivity contribution in [3.63, 3.8) is 0 Å². The second-order valence-electron chi connectivity index (χ2n) is 5.65. The molecule has 3 nitrogen and oxygen atoms in total. The highest BCUT2D eigenvalue weighted by Crippen LogP contribution is 2.29. The molecule has 3 rings (SSSR count). The van der Waals surface area contributed by atoms with Gasteiger partial charge in [-0.1, -0.05) is 18.2 Å². The van der Waals surface area contributed by atoms with Crippen LogP contribution in [0.4, 0.5) is 4.39 Å². The van der Waals surface area contributed by atoms with E-state index in [4.69, 9.17) is 0 Å². The Labute approximate surface area is 134 Å². The summed E-state index contributed by atoms with van der Waals surface area (Å²) in [6.45, 7) is 0.499. The van der Waals surface area contributed by atoms with Crippen LogP contribution in [0.1, 0.15) is 23.7 Å². The van der Waals surface area contributed by atoms with E-state index in [2.05, 4.69) is 10.3 Å². The van der Waals surface area contributed by atoms with Crippen LogP contribution in [0, 0.1) is 5.82 Å². The van der Waals surface area contributed by atoms with Gasteiger partial charge in [0.2, 0.25) is 0 Å². The number of rotatable bonds is 5. The van der Waals surface area contributed by atoms with Gasteiger partial charge in [0.25, 0.3) is 0 Å². The van der Waals surface area contributed by atoms with Gasteiger partial charge in [-0.25, -0.2) is 4.39 Å².